The van der Waals surface area contributed by atoms with Crippen molar-refractivity contribution in [3.05, 3.63) is 18.6 Å². The molecular weight excluding hydrogens is 224 g/mol. The Labute approximate surface area is 108 Å². The molecular formula is C14H20N4. The van der Waals surface area contributed by atoms with E-state index in [1.165, 1.54) is 32.4 Å². The third kappa shape index (κ3) is 1.70. The third-order valence-corrected chi connectivity index (χ3v) is 5.01. The Kier molecular flexibility index (Phi) is 2.50. The van der Waals surface area contributed by atoms with Crippen LogP contribution in [0.4, 0.5) is 5.82 Å². The Hall–Kier alpha value is -1.16. The Morgan fingerprint density at radius 2 is 1.78 bits per heavy atom. The molecule has 2 aliphatic heterocycles. The van der Waals surface area contributed by atoms with Crippen molar-refractivity contribution in [1.82, 2.24) is 14.9 Å². The molecule has 0 radical (unpaired) electrons. The molecule has 1 aromatic heterocycles. The summed E-state index contributed by atoms with van der Waals surface area (Å²) in [5.41, 5.74) is 0. The summed E-state index contributed by atoms with van der Waals surface area (Å²) in [6.45, 7) is 4.98. The number of rotatable bonds is 2. The molecule has 1 saturated carbocycles. The molecule has 18 heavy (non-hydrogen) atoms. The minimum Gasteiger partial charge on any atom is -0.352 e. The number of hydrogen-bond donors (Lipinski definition) is 0. The number of hydrogen-bond acceptors (Lipinski definition) is 4. The summed E-state index contributed by atoms with van der Waals surface area (Å²) in [5, 5.41) is 0. The number of fused-ring (bicyclic) bond motifs is 1. The Morgan fingerprint density at radius 3 is 2.44 bits per heavy atom. The van der Waals surface area contributed by atoms with Gasteiger partial charge in [-0.3, -0.25) is 9.88 Å². The van der Waals surface area contributed by atoms with E-state index in [1.807, 2.05) is 6.20 Å². The molecule has 1 aliphatic carbocycles. The quantitative estimate of drug-likeness (QED) is 0.787. The predicted molar refractivity (Wildman–Crippen MR) is 70.4 cm³/mol. The van der Waals surface area contributed by atoms with E-state index in [2.05, 4.69) is 19.8 Å². The molecule has 4 rings (SSSR count). The first-order valence-corrected chi connectivity index (χ1v) is 7.15. The monoisotopic (exact) mass is 244 g/mol. The van der Waals surface area contributed by atoms with Gasteiger partial charge in [0, 0.05) is 44.6 Å². The van der Waals surface area contributed by atoms with Gasteiger partial charge in [-0.15, -0.1) is 0 Å². The fourth-order valence-electron chi connectivity index (χ4n) is 3.90. The summed E-state index contributed by atoms with van der Waals surface area (Å²) in [6, 6.07) is 0.762. The molecule has 0 N–H and O–H groups in total. The van der Waals surface area contributed by atoms with Gasteiger partial charge in [0.15, 0.2) is 0 Å². The van der Waals surface area contributed by atoms with E-state index in [9.17, 15) is 0 Å². The summed E-state index contributed by atoms with van der Waals surface area (Å²) in [7, 11) is 0. The van der Waals surface area contributed by atoms with Crippen LogP contribution in [-0.4, -0.2) is 47.1 Å². The lowest BCUT2D eigenvalue weighted by Gasteiger charge is -2.44. The van der Waals surface area contributed by atoms with E-state index >= 15 is 0 Å². The van der Waals surface area contributed by atoms with Crippen LogP contribution in [0.15, 0.2) is 18.6 Å². The van der Waals surface area contributed by atoms with E-state index in [0.29, 0.717) is 0 Å². The van der Waals surface area contributed by atoms with Gasteiger partial charge in [0.05, 0.1) is 6.20 Å². The molecule has 0 aromatic carbocycles. The fraction of sp³-hybridized carbons (Fsp3) is 0.714. The topological polar surface area (TPSA) is 32.3 Å². The molecule has 1 aromatic rings. The second-order valence-corrected chi connectivity index (χ2v) is 6.03. The smallest absolute Gasteiger partial charge is 0.147 e. The zero-order valence-electron chi connectivity index (χ0n) is 10.7. The van der Waals surface area contributed by atoms with Gasteiger partial charge in [-0.2, -0.15) is 0 Å². The Balaban J connectivity index is 1.35. The number of anilines is 1. The van der Waals surface area contributed by atoms with Gasteiger partial charge in [0.25, 0.3) is 0 Å². The van der Waals surface area contributed by atoms with Crippen LogP contribution in [0.5, 0.6) is 0 Å². The highest BCUT2D eigenvalue weighted by molar-refractivity contribution is 5.39. The molecule has 2 atom stereocenters. The van der Waals surface area contributed by atoms with Gasteiger partial charge in [-0.1, -0.05) is 6.42 Å². The average molecular weight is 244 g/mol. The number of likely N-dealkylation sites (tertiary alicyclic amines) is 1. The van der Waals surface area contributed by atoms with Crippen LogP contribution >= 0.6 is 0 Å². The van der Waals surface area contributed by atoms with Crippen molar-refractivity contribution < 1.29 is 0 Å². The molecule has 0 spiro atoms. The lowest BCUT2D eigenvalue weighted by atomic mass is 10.0. The lowest BCUT2D eigenvalue weighted by Crippen LogP contribution is -2.59. The van der Waals surface area contributed by atoms with Crippen molar-refractivity contribution in [1.29, 1.82) is 0 Å². The minimum absolute atomic E-state index is 0.762. The zero-order chi connectivity index (χ0) is 11.9. The van der Waals surface area contributed by atoms with Gasteiger partial charge in [0.2, 0.25) is 0 Å². The molecule has 0 amide bonds. The van der Waals surface area contributed by atoms with Gasteiger partial charge in [-0.05, 0) is 24.7 Å². The van der Waals surface area contributed by atoms with Crippen molar-refractivity contribution in [2.24, 2.45) is 11.8 Å². The highest BCUT2D eigenvalue weighted by Crippen LogP contribution is 2.39. The largest absolute Gasteiger partial charge is 0.352 e. The van der Waals surface area contributed by atoms with Crippen molar-refractivity contribution in [2.45, 2.75) is 25.3 Å². The summed E-state index contributed by atoms with van der Waals surface area (Å²) >= 11 is 0. The molecule has 2 saturated heterocycles. The summed E-state index contributed by atoms with van der Waals surface area (Å²) < 4.78 is 0. The Bertz CT molecular complexity index is 403. The van der Waals surface area contributed by atoms with E-state index < -0.39 is 0 Å². The number of nitrogens with zero attached hydrogens (tertiary/aromatic N) is 4. The molecule has 3 aliphatic rings. The van der Waals surface area contributed by atoms with Crippen LogP contribution in [0.25, 0.3) is 0 Å². The molecule has 4 heteroatoms. The predicted octanol–water partition coefficient (Wildman–Crippen LogP) is 1.40. The highest BCUT2D eigenvalue weighted by atomic mass is 15.3. The Morgan fingerprint density at radius 1 is 1.00 bits per heavy atom. The maximum absolute atomic E-state index is 4.36. The minimum atomic E-state index is 0.762. The van der Waals surface area contributed by atoms with Crippen molar-refractivity contribution in [2.75, 3.05) is 31.1 Å². The maximum Gasteiger partial charge on any atom is 0.147 e. The van der Waals surface area contributed by atoms with Crippen LogP contribution in [0.1, 0.15) is 19.3 Å². The SMILES string of the molecule is c1cnc(N2CC(N3CC4CCCC4C3)C2)cn1. The zero-order valence-corrected chi connectivity index (χ0v) is 10.7. The van der Waals surface area contributed by atoms with Crippen LogP contribution in [0.3, 0.4) is 0 Å². The van der Waals surface area contributed by atoms with Gasteiger partial charge in [-0.25, -0.2) is 4.98 Å². The van der Waals surface area contributed by atoms with Crippen molar-refractivity contribution in [3.8, 4) is 0 Å². The molecule has 3 heterocycles. The first-order chi connectivity index (χ1) is 8.90. The molecule has 0 bridgehead atoms. The highest BCUT2D eigenvalue weighted by Gasteiger charge is 2.42. The molecule has 2 unspecified atom stereocenters. The second-order valence-electron chi connectivity index (χ2n) is 6.03. The first kappa shape index (κ1) is 10.7. The van der Waals surface area contributed by atoms with Crippen LogP contribution in [0, 0.1) is 11.8 Å². The van der Waals surface area contributed by atoms with E-state index in [-0.39, 0.29) is 0 Å². The third-order valence-electron chi connectivity index (χ3n) is 5.01. The standard InChI is InChI=1S/C14H20N4/c1-2-11-7-17(8-12(11)3-1)13-9-18(10-13)14-6-15-4-5-16-14/h4-6,11-13H,1-3,7-10H2. The van der Waals surface area contributed by atoms with Crippen LogP contribution in [0.2, 0.25) is 0 Å². The molecule has 96 valence electrons. The normalized spacial score (nSPS) is 32.6. The van der Waals surface area contributed by atoms with Crippen LogP contribution in [-0.2, 0) is 0 Å². The fourth-order valence-corrected chi connectivity index (χ4v) is 3.90. The van der Waals surface area contributed by atoms with Gasteiger partial charge in [0.1, 0.15) is 5.82 Å². The summed E-state index contributed by atoms with van der Waals surface area (Å²) in [5.74, 6) is 3.05. The van der Waals surface area contributed by atoms with Crippen molar-refractivity contribution in [3.63, 3.8) is 0 Å². The summed E-state index contributed by atoms with van der Waals surface area (Å²) in [6.07, 6.45) is 9.81. The van der Waals surface area contributed by atoms with Crippen molar-refractivity contribution >= 4 is 5.82 Å². The van der Waals surface area contributed by atoms with Gasteiger partial charge < -0.3 is 4.90 Å². The first-order valence-electron chi connectivity index (χ1n) is 7.15. The van der Waals surface area contributed by atoms with Crippen LogP contribution < -0.4 is 4.90 Å². The summed E-state index contributed by atoms with van der Waals surface area (Å²) in [4.78, 5) is 13.6. The van der Waals surface area contributed by atoms with E-state index in [4.69, 9.17) is 0 Å². The lowest BCUT2D eigenvalue weighted by molar-refractivity contribution is 0.190. The molecule has 4 nitrogen and oxygen atoms in total. The average Bonchev–Trinajstić information content (AvgIpc) is 2.89. The molecule has 3 fully saturated rings. The number of aromatic nitrogens is 2. The van der Waals surface area contributed by atoms with Gasteiger partial charge >= 0.3 is 0 Å². The maximum atomic E-state index is 4.36. The van der Waals surface area contributed by atoms with E-state index in [0.717, 1.165) is 36.8 Å². The second kappa shape index (κ2) is 4.19. The van der Waals surface area contributed by atoms with E-state index in [1.54, 1.807) is 12.4 Å².